The molecule has 0 bridgehead atoms. The van der Waals surface area contributed by atoms with Crippen LogP contribution in [0.15, 0.2) is 48.5 Å². The molecule has 134 valence electrons. The zero-order chi connectivity index (χ0) is 17.9. The summed E-state index contributed by atoms with van der Waals surface area (Å²) in [6, 6.07) is 16.5. The molecule has 2 rings (SSSR count). The van der Waals surface area contributed by atoms with Gasteiger partial charge >= 0.3 is 0 Å². The average Bonchev–Trinajstić information content (AvgIpc) is 2.59. The second kappa shape index (κ2) is 11.0. The summed E-state index contributed by atoms with van der Waals surface area (Å²) in [6.45, 7) is 5.64. The highest BCUT2D eigenvalue weighted by atomic mass is 32.2. The minimum atomic E-state index is 0.650. The predicted octanol–water partition coefficient (Wildman–Crippen LogP) is 5.00. The Morgan fingerprint density at radius 2 is 2.00 bits per heavy atom. The molecule has 2 N–H and O–H groups in total. The van der Waals surface area contributed by atoms with E-state index in [4.69, 9.17) is 17.0 Å². The third-order valence-electron chi connectivity index (χ3n) is 3.51. The fraction of sp³-hybridized carbons (Fsp3) is 0.350. The number of nitrogens with one attached hydrogen (secondary N) is 2. The van der Waals surface area contributed by atoms with Crippen molar-refractivity contribution in [1.29, 1.82) is 0 Å². The van der Waals surface area contributed by atoms with Crippen LogP contribution in [0.5, 0.6) is 5.75 Å². The van der Waals surface area contributed by atoms with Crippen LogP contribution in [-0.4, -0.2) is 24.0 Å². The fourth-order valence-corrected chi connectivity index (χ4v) is 3.50. The molecule has 0 heterocycles. The van der Waals surface area contributed by atoms with Gasteiger partial charge < -0.3 is 15.4 Å². The topological polar surface area (TPSA) is 33.3 Å². The maximum atomic E-state index is 5.49. The lowest BCUT2D eigenvalue weighted by atomic mass is 10.2. The van der Waals surface area contributed by atoms with E-state index in [0.29, 0.717) is 11.7 Å². The molecule has 0 saturated carbocycles. The molecule has 0 atom stereocenters. The Labute approximate surface area is 160 Å². The van der Waals surface area contributed by atoms with E-state index in [2.05, 4.69) is 41.8 Å². The van der Waals surface area contributed by atoms with Crippen LogP contribution in [0.25, 0.3) is 0 Å². The van der Waals surface area contributed by atoms with Gasteiger partial charge in [-0.3, -0.25) is 0 Å². The molecule has 25 heavy (non-hydrogen) atoms. The molecule has 0 spiro atoms. The van der Waals surface area contributed by atoms with Gasteiger partial charge in [-0.05, 0) is 55.9 Å². The van der Waals surface area contributed by atoms with Gasteiger partial charge in [0.1, 0.15) is 5.75 Å². The van der Waals surface area contributed by atoms with Crippen molar-refractivity contribution in [2.75, 3.05) is 24.2 Å². The first kappa shape index (κ1) is 19.6. The molecule has 0 amide bonds. The Kier molecular flexibility index (Phi) is 8.63. The van der Waals surface area contributed by atoms with Crippen LogP contribution in [0.2, 0.25) is 0 Å². The Hall–Kier alpha value is -1.72. The van der Waals surface area contributed by atoms with Crippen LogP contribution in [-0.2, 0) is 5.75 Å². The monoisotopic (exact) mass is 374 g/mol. The lowest BCUT2D eigenvalue weighted by Crippen LogP contribution is -2.29. The third kappa shape index (κ3) is 7.80. The van der Waals surface area contributed by atoms with Crippen LogP contribution in [0.3, 0.4) is 0 Å². The highest BCUT2D eigenvalue weighted by Gasteiger charge is 2.00. The predicted molar refractivity (Wildman–Crippen MR) is 114 cm³/mol. The summed E-state index contributed by atoms with van der Waals surface area (Å²) in [5.74, 6) is 3.03. The molecule has 0 unspecified atom stereocenters. The minimum absolute atomic E-state index is 0.650. The van der Waals surface area contributed by atoms with E-state index in [0.717, 1.165) is 35.9 Å². The van der Waals surface area contributed by atoms with Crippen molar-refractivity contribution in [2.45, 2.75) is 26.0 Å². The number of rotatable bonds is 9. The maximum absolute atomic E-state index is 5.49. The van der Waals surface area contributed by atoms with Gasteiger partial charge in [-0.25, -0.2) is 0 Å². The number of thiocarbonyl (C=S) groups is 1. The lowest BCUT2D eigenvalue weighted by molar-refractivity contribution is 0.340. The molecule has 0 radical (unpaired) electrons. The number of ether oxygens (including phenoxy) is 1. The molecule has 0 aliphatic heterocycles. The summed E-state index contributed by atoms with van der Waals surface area (Å²) in [6.07, 6.45) is 1.08. The van der Waals surface area contributed by atoms with Gasteiger partial charge in [0.15, 0.2) is 5.11 Å². The van der Waals surface area contributed by atoms with E-state index >= 15 is 0 Å². The second-order valence-electron chi connectivity index (χ2n) is 5.74. The molecule has 0 aromatic heterocycles. The standard InChI is InChI=1S/C20H26N2OS2/c1-3-23-19-10-5-9-18(14-19)22-20(24)21-11-6-12-25-15-17-8-4-7-16(2)13-17/h4-5,7-10,13-14H,3,6,11-12,15H2,1-2H3,(H2,21,22,24). The Morgan fingerprint density at radius 3 is 2.80 bits per heavy atom. The molecule has 3 nitrogen and oxygen atoms in total. The van der Waals surface area contributed by atoms with E-state index in [1.54, 1.807) is 0 Å². The molecule has 0 saturated heterocycles. The van der Waals surface area contributed by atoms with E-state index in [-0.39, 0.29) is 0 Å². The van der Waals surface area contributed by atoms with Gasteiger partial charge in [-0.2, -0.15) is 11.8 Å². The highest BCUT2D eigenvalue weighted by molar-refractivity contribution is 7.98. The molecule has 2 aromatic carbocycles. The van der Waals surface area contributed by atoms with Crippen molar-refractivity contribution < 1.29 is 4.74 Å². The number of benzene rings is 2. The quantitative estimate of drug-likeness (QED) is 0.477. The zero-order valence-corrected chi connectivity index (χ0v) is 16.5. The van der Waals surface area contributed by atoms with Crippen LogP contribution in [0, 0.1) is 6.92 Å². The summed E-state index contributed by atoms with van der Waals surface area (Å²) >= 11 is 7.30. The van der Waals surface area contributed by atoms with E-state index in [9.17, 15) is 0 Å². The van der Waals surface area contributed by atoms with Crippen molar-refractivity contribution in [2.24, 2.45) is 0 Å². The number of hydrogen-bond acceptors (Lipinski definition) is 3. The first-order valence-corrected chi connectivity index (χ1v) is 10.1. The summed E-state index contributed by atoms with van der Waals surface area (Å²) in [4.78, 5) is 0. The minimum Gasteiger partial charge on any atom is -0.494 e. The van der Waals surface area contributed by atoms with Gasteiger partial charge in [0.2, 0.25) is 0 Å². The van der Waals surface area contributed by atoms with Gasteiger partial charge in [-0.1, -0.05) is 35.9 Å². The number of anilines is 1. The number of hydrogen-bond donors (Lipinski definition) is 2. The molecule has 0 aliphatic rings. The fourth-order valence-electron chi connectivity index (χ4n) is 2.37. The Morgan fingerprint density at radius 1 is 1.16 bits per heavy atom. The summed E-state index contributed by atoms with van der Waals surface area (Å²) in [7, 11) is 0. The maximum Gasteiger partial charge on any atom is 0.170 e. The summed E-state index contributed by atoms with van der Waals surface area (Å²) in [5.41, 5.74) is 3.66. The van der Waals surface area contributed by atoms with Crippen molar-refractivity contribution in [1.82, 2.24) is 5.32 Å². The van der Waals surface area contributed by atoms with E-state index in [1.165, 1.54) is 11.1 Å². The first-order chi connectivity index (χ1) is 12.2. The van der Waals surface area contributed by atoms with Gasteiger partial charge in [0.05, 0.1) is 6.61 Å². The van der Waals surface area contributed by atoms with Crippen LogP contribution >= 0.6 is 24.0 Å². The number of thioether (sulfide) groups is 1. The van der Waals surface area contributed by atoms with Crippen LogP contribution in [0.1, 0.15) is 24.5 Å². The molecule has 5 heteroatoms. The number of aryl methyl sites for hydroxylation is 1. The van der Waals surface area contributed by atoms with E-state index < -0.39 is 0 Å². The SMILES string of the molecule is CCOc1cccc(NC(=S)NCCCSCc2cccc(C)c2)c1. The summed E-state index contributed by atoms with van der Waals surface area (Å²) < 4.78 is 5.49. The Balaban J connectivity index is 1.60. The van der Waals surface area contributed by atoms with Crippen LogP contribution in [0.4, 0.5) is 5.69 Å². The lowest BCUT2D eigenvalue weighted by Gasteiger charge is -2.11. The van der Waals surface area contributed by atoms with Gasteiger partial charge in [-0.15, -0.1) is 0 Å². The Bertz CT molecular complexity index is 676. The molecule has 2 aromatic rings. The summed E-state index contributed by atoms with van der Waals surface area (Å²) in [5, 5.41) is 7.10. The largest absolute Gasteiger partial charge is 0.494 e. The molecule has 0 aliphatic carbocycles. The van der Waals surface area contributed by atoms with Gasteiger partial charge in [0, 0.05) is 24.1 Å². The molecular weight excluding hydrogens is 348 g/mol. The van der Waals surface area contributed by atoms with E-state index in [1.807, 2.05) is 43.0 Å². The molecular formula is C20H26N2OS2. The highest BCUT2D eigenvalue weighted by Crippen LogP contribution is 2.17. The molecule has 0 fully saturated rings. The van der Waals surface area contributed by atoms with Crippen LogP contribution < -0.4 is 15.4 Å². The van der Waals surface area contributed by atoms with Crippen molar-refractivity contribution in [3.8, 4) is 5.75 Å². The second-order valence-corrected chi connectivity index (χ2v) is 7.25. The zero-order valence-electron chi connectivity index (χ0n) is 14.9. The van der Waals surface area contributed by atoms with Crippen molar-refractivity contribution in [3.05, 3.63) is 59.7 Å². The van der Waals surface area contributed by atoms with Crippen molar-refractivity contribution in [3.63, 3.8) is 0 Å². The first-order valence-electron chi connectivity index (χ1n) is 8.58. The average molecular weight is 375 g/mol. The third-order valence-corrected chi connectivity index (χ3v) is 4.87. The normalized spacial score (nSPS) is 10.3. The van der Waals surface area contributed by atoms with Gasteiger partial charge in [0.25, 0.3) is 0 Å². The van der Waals surface area contributed by atoms with Crippen molar-refractivity contribution >= 4 is 34.8 Å². The smallest absolute Gasteiger partial charge is 0.170 e.